The summed E-state index contributed by atoms with van der Waals surface area (Å²) < 4.78 is 60.4. The molecular weight excluding hydrogens is 261 g/mol. The van der Waals surface area contributed by atoms with Crippen LogP contribution in [0.3, 0.4) is 0 Å². The highest BCUT2D eigenvalue weighted by atomic mass is 32.2. The van der Waals surface area contributed by atoms with Crippen molar-refractivity contribution in [1.29, 1.82) is 0 Å². The first-order valence-electron chi connectivity index (χ1n) is 5.07. The number of nitrogens with one attached hydrogen (secondary N) is 1. The molecule has 0 fully saturated rings. The Kier molecular flexibility index (Phi) is 6.98. The Labute approximate surface area is 98.8 Å². The summed E-state index contributed by atoms with van der Waals surface area (Å²) in [4.78, 5) is 0. The Morgan fingerprint density at radius 1 is 1.24 bits per heavy atom. The smallest absolute Gasteiger partial charge is 0.396 e. The minimum atomic E-state index is -4.56. The molecular formula is C8H17F3N2O3S. The summed E-state index contributed by atoms with van der Waals surface area (Å²) in [6.07, 6.45) is -2.91. The van der Waals surface area contributed by atoms with Crippen LogP contribution in [-0.4, -0.2) is 50.7 Å². The monoisotopic (exact) mass is 278 g/mol. The summed E-state index contributed by atoms with van der Waals surface area (Å²) in [5, 5.41) is 8.50. The summed E-state index contributed by atoms with van der Waals surface area (Å²) in [5.74, 6) is 0. The number of hydrogen-bond donors (Lipinski definition) is 2. The van der Waals surface area contributed by atoms with Crippen molar-refractivity contribution in [2.24, 2.45) is 0 Å². The molecule has 0 rings (SSSR count). The quantitative estimate of drug-likeness (QED) is 0.634. The maximum atomic E-state index is 11.8. The molecule has 0 aromatic rings. The van der Waals surface area contributed by atoms with Crippen molar-refractivity contribution in [3.63, 3.8) is 0 Å². The van der Waals surface area contributed by atoms with Crippen molar-refractivity contribution < 1.29 is 26.7 Å². The molecule has 9 heteroatoms. The molecule has 0 atom stereocenters. The fourth-order valence-corrected chi connectivity index (χ4v) is 1.96. The van der Waals surface area contributed by atoms with E-state index in [0.29, 0.717) is 19.3 Å². The van der Waals surface area contributed by atoms with Gasteiger partial charge in [0.15, 0.2) is 0 Å². The van der Waals surface area contributed by atoms with E-state index in [2.05, 4.69) is 0 Å². The number of unbranched alkanes of at least 4 members (excludes halogenated alkanes) is 2. The number of hydrogen-bond acceptors (Lipinski definition) is 3. The van der Waals surface area contributed by atoms with Gasteiger partial charge in [0.2, 0.25) is 0 Å². The Morgan fingerprint density at radius 3 is 2.29 bits per heavy atom. The summed E-state index contributed by atoms with van der Waals surface area (Å²) in [6, 6.07) is 0. The largest absolute Gasteiger partial charge is 0.402 e. The predicted molar refractivity (Wildman–Crippen MR) is 56.5 cm³/mol. The molecule has 0 bridgehead atoms. The Bertz CT molecular complexity index is 306. The van der Waals surface area contributed by atoms with Crippen molar-refractivity contribution in [1.82, 2.24) is 9.03 Å². The van der Waals surface area contributed by atoms with Gasteiger partial charge in [0.25, 0.3) is 10.2 Å². The Morgan fingerprint density at radius 2 is 1.82 bits per heavy atom. The average Bonchev–Trinajstić information content (AvgIpc) is 2.20. The molecule has 0 unspecified atom stereocenters. The molecule has 5 nitrogen and oxygen atoms in total. The first-order chi connectivity index (χ1) is 7.69. The zero-order chi connectivity index (χ0) is 13.5. The van der Waals surface area contributed by atoms with Crippen molar-refractivity contribution in [2.45, 2.75) is 25.4 Å². The second-order valence-corrected chi connectivity index (χ2v) is 5.41. The summed E-state index contributed by atoms with van der Waals surface area (Å²) in [5.41, 5.74) is 0. The number of nitrogens with zero attached hydrogens (tertiary/aromatic N) is 1. The molecule has 0 spiro atoms. The van der Waals surface area contributed by atoms with Crippen LogP contribution in [0.1, 0.15) is 19.3 Å². The van der Waals surface area contributed by atoms with Gasteiger partial charge < -0.3 is 5.11 Å². The zero-order valence-corrected chi connectivity index (χ0v) is 10.3. The highest BCUT2D eigenvalue weighted by Crippen LogP contribution is 2.13. The van der Waals surface area contributed by atoms with Crippen LogP contribution >= 0.6 is 0 Å². The van der Waals surface area contributed by atoms with Crippen molar-refractivity contribution in [3.8, 4) is 0 Å². The van der Waals surface area contributed by atoms with Crippen molar-refractivity contribution in [3.05, 3.63) is 0 Å². The van der Waals surface area contributed by atoms with Gasteiger partial charge in [0.05, 0.1) is 0 Å². The lowest BCUT2D eigenvalue weighted by Gasteiger charge is -2.18. The molecule has 17 heavy (non-hydrogen) atoms. The van der Waals surface area contributed by atoms with Crippen LogP contribution in [-0.2, 0) is 10.2 Å². The highest BCUT2D eigenvalue weighted by molar-refractivity contribution is 7.87. The van der Waals surface area contributed by atoms with Gasteiger partial charge in [0, 0.05) is 20.2 Å². The molecule has 0 aromatic carbocycles. The first kappa shape index (κ1) is 16.6. The van der Waals surface area contributed by atoms with Gasteiger partial charge in [-0.1, -0.05) is 0 Å². The lowest BCUT2D eigenvalue weighted by atomic mass is 10.2. The van der Waals surface area contributed by atoms with E-state index in [9.17, 15) is 21.6 Å². The van der Waals surface area contributed by atoms with E-state index in [0.717, 1.165) is 4.31 Å². The number of aliphatic hydroxyl groups is 1. The molecule has 104 valence electrons. The maximum Gasteiger partial charge on any atom is 0.402 e. The van der Waals surface area contributed by atoms with Crippen molar-refractivity contribution >= 4 is 10.2 Å². The number of rotatable bonds is 8. The maximum absolute atomic E-state index is 11.8. The minimum absolute atomic E-state index is 0.0167. The SMILES string of the molecule is CN(CCCCCO)S(=O)(=O)NCC(F)(F)F. The Hall–Kier alpha value is -0.380. The highest BCUT2D eigenvalue weighted by Gasteiger charge is 2.30. The van der Waals surface area contributed by atoms with E-state index in [-0.39, 0.29) is 13.2 Å². The van der Waals surface area contributed by atoms with Gasteiger partial charge in [-0.2, -0.15) is 30.6 Å². The van der Waals surface area contributed by atoms with E-state index >= 15 is 0 Å². The van der Waals surface area contributed by atoms with Gasteiger partial charge >= 0.3 is 6.18 Å². The second kappa shape index (κ2) is 7.14. The molecule has 0 saturated carbocycles. The van der Waals surface area contributed by atoms with Crippen LogP contribution < -0.4 is 4.72 Å². The van der Waals surface area contributed by atoms with Crippen LogP contribution in [0, 0.1) is 0 Å². The number of halogens is 3. The van der Waals surface area contributed by atoms with Crippen LogP contribution in [0.25, 0.3) is 0 Å². The summed E-state index contributed by atoms with van der Waals surface area (Å²) in [6.45, 7) is -1.44. The number of alkyl halides is 3. The molecule has 0 amide bonds. The third-order valence-corrected chi connectivity index (χ3v) is 3.51. The summed E-state index contributed by atoms with van der Waals surface area (Å²) in [7, 11) is -2.87. The van der Waals surface area contributed by atoms with Gasteiger partial charge in [-0.05, 0) is 19.3 Å². The molecule has 0 heterocycles. The molecule has 0 saturated heterocycles. The summed E-state index contributed by atoms with van der Waals surface area (Å²) >= 11 is 0. The van der Waals surface area contributed by atoms with Crippen LogP contribution in [0.4, 0.5) is 13.2 Å². The first-order valence-corrected chi connectivity index (χ1v) is 6.51. The van der Waals surface area contributed by atoms with E-state index in [1.54, 1.807) is 0 Å². The van der Waals surface area contributed by atoms with Crippen molar-refractivity contribution in [2.75, 3.05) is 26.7 Å². The number of aliphatic hydroxyl groups excluding tert-OH is 1. The van der Waals surface area contributed by atoms with Crippen LogP contribution in [0.15, 0.2) is 0 Å². The van der Waals surface area contributed by atoms with Gasteiger partial charge in [-0.25, -0.2) is 0 Å². The third-order valence-electron chi connectivity index (χ3n) is 2.00. The van der Waals surface area contributed by atoms with E-state index in [1.807, 2.05) is 0 Å². The van der Waals surface area contributed by atoms with Crippen LogP contribution in [0.2, 0.25) is 0 Å². The molecule has 0 aliphatic heterocycles. The second-order valence-electron chi connectivity index (χ2n) is 3.55. The third kappa shape index (κ3) is 8.36. The van der Waals surface area contributed by atoms with E-state index in [1.165, 1.54) is 11.8 Å². The Balaban J connectivity index is 4.04. The minimum Gasteiger partial charge on any atom is -0.396 e. The lowest BCUT2D eigenvalue weighted by molar-refractivity contribution is -0.121. The fourth-order valence-electron chi connectivity index (χ4n) is 1.03. The van der Waals surface area contributed by atoms with Gasteiger partial charge in [-0.3, -0.25) is 0 Å². The fraction of sp³-hybridized carbons (Fsp3) is 1.00. The van der Waals surface area contributed by atoms with Gasteiger partial charge in [0.1, 0.15) is 6.54 Å². The molecule has 0 aliphatic rings. The van der Waals surface area contributed by atoms with Gasteiger partial charge in [-0.15, -0.1) is 0 Å². The van der Waals surface area contributed by atoms with E-state index in [4.69, 9.17) is 5.11 Å². The molecule has 0 radical (unpaired) electrons. The normalized spacial score (nSPS) is 13.3. The zero-order valence-electron chi connectivity index (χ0n) is 9.50. The van der Waals surface area contributed by atoms with E-state index < -0.39 is 22.9 Å². The average molecular weight is 278 g/mol. The predicted octanol–water partition coefficient (Wildman–Crippen LogP) is 0.477. The van der Waals surface area contributed by atoms with Crippen LogP contribution in [0.5, 0.6) is 0 Å². The molecule has 0 aromatic heterocycles. The topological polar surface area (TPSA) is 69.6 Å². The lowest BCUT2D eigenvalue weighted by Crippen LogP contribution is -2.42. The molecule has 2 N–H and O–H groups in total. The standard InChI is InChI=1S/C8H17F3N2O3S/c1-13(5-3-2-4-6-14)17(15,16)12-7-8(9,10)11/h12,14H,2-7H2,1H3. The molecule has 0 aliphatic carbocycles.